The lowest BCUT2D eigenvalue weighted by Crippen LogP contribution is -2.33. The minimum Gasteiger partial charge on any atom is -0.492 e. The van der Waals surface area contributed by atoms with E-state index < -0.39 is 6.10 Å². The molecule has 26 heavy (non-hydrogen) atoms. The predicted molar refractivity (Wildman–Crippen MR) is 99.6 cm³/mol. The van der Waals surface area contributed by atoms with Crippen LogP contribution in [0.25, 0.3) is 0 Å². The molecule has 0 saturated heterocycles. The number of aliphatic hydroxyl groups is 1. The molecular weight excluding hydrogens is 334 g/mol. The van der Waals surface area contributed by atoms with Gasteiger partial charge in [0.25, 0.3) is 0 Å². The molecule has 3 N–H and O–H groups in total. The van der Waals surface area contributed by atoms with Crippen LogP contribution in [0.5, 0.6) is 11.6 Å². The van der Waals surface area contributed by atoms with Crippen LogP contribution < -0.4 is 20.1 Å². The first kappa shape index (κ1) is 19.7. The number of hydrogen-bond donors (Lipinski definition) is 3. The number of nitrogens with zero attached hydrogens (tertiary/aromatic N) is 1. The predicted octanol–water partition coefficient (Wildman–Crippen LogP) is 1.76. The summed E-state index contributed by atoms with van der Waals surface area (Å²) in [7, 11) is 0. The van der Waals surface area contributed by atoms with Gasteiger partial charge in [-0.2, -0.15) is 0 Å². The van der Waals surface area contributed by atoms with Gasteiger partial charge in [-0.05, 0) is 37.3 Å². The van der Waals surface area contributed by atoms with Crippen LogP contribution in [0.2, 0.25) is 0 Å². The number of amides is 1. The van der Waals surface area contributed by atoms with Gasteiger partial charge in [-0.25, -0.2) is 4.98 Å². The molecule has 1 atom stereocenters. The Hall–Kier alpha value is -2.64. The van der Waals surface area contributed by atoms with Crippen molar-refractivity contribution in [2.45, 2.75) is 20.0 Å². The van der Waals surface area contributed by atoms with Crippen molar-refractivity contribution in [2.24, 2.45) is 0 Å². The topological polar surface area (TPSA) is 92.7 Å². The fourth-order valence-corrected chi connectivity index (χ4v) is 2.20. The van der Waals surface area contributed by atoms with E-state index in [4.69, 9.17) is 9.47 Å². The van der Waals surface area contributed by atoms with Crippen LogP contribution in [0.1, 0.15) is 12.5 Å². The third-order valence-corrected chi connectivity index (χ3v) is 3.48. The highest BCUT2D eigenvalue weighted by molar-refractivity contribution is 5.88. The number of ether oxygens (including phenoxy) is 2. The zero-order chi connectivity index (χ0) is 18.8. The lowest BCUT2D eigenvalue weighted by atomic mass is 10.3. The molecule has 0 aliphatic heterocycles. The van der Waals surface area contributed by atoms with Crippen molar-refractivity contribution in [3.8, 4) is 11.6 Å². The van der Waals surface area contributed by atoms with Crippen LogP contribution in [0, 0.1) is 6.92 Å². The van der Waals surface area contributed by atoms with Crippen LogP contribution in [-0.2, 0) is 4.79 Å². The largest absolute Gasteiger partial charge is 0.492 e. The zero-order valence-corrected chi connectivity index (χ0v) is 15.1. The Morgan fingerprint density at radius 3 is 2.69 bits per heavy atom. The van der Waals surface area contributed by atoms with Crippen LogP contribution in [-0.4, -0.2) is 48.4 Å². The van der Waals surface area contributed by atoms with Gasteiger partial charge in [0.15, 0.2) is 0 Å². The Labute approximate surface area is 153 Å². The van der Waals surface area contributed by atoms with E-state index >= 15 is 0 Å². The molecule has 2 aromatic rings. The third-order valence-electron chi connectivity index (χ3n) is 3.48. The fraction of sp³-hybridized carbons (Fsp3) is 0.368. The highest BCUT2D eigenvalue weighted by atomic mass is 16.5. The smallest absolute Gasteiger partial charge is 0.221 e. The van der Waals surface area contributed by atoms with E-state index in [9.17, 15) is 9.90 Å². The average molecular weight is 359 g/mol. The number of nitrogens with one attached hydrogen (secondary N) is 2. The summed E-state index contributed by atoms with van der Waals surface area (Å²) in [4.78, 5) is 15.1. The minimum absolute atomic E-state index is 0.108. The number of aryl methyl sites for hydroxylation is 1. The van der Waals surface area contributed by atoms with E-state index in [1.165, 1.54) is 6.92 Å². The molecule has 140 valence electrons. The van der Waals surface area contributed by atoms with Crippen molar-refractivity contribution in [2.75, 3.05) is 31.6 Å². The van der Waals surface area contributed by atoms with Gasteiger partial charge < -0.3 is 25.2 Å². The quantitative estimate of drug-likeness (QED) is 0.560. The fourth-order valence-electron chi connectivity index (χ4n) is 2.20. The lowest BCUT2D eigenvalue weighted by molar-refractivity contribution is -0.114. The van der Waals surface area contributed by atoms with Crippen molar-refractivity contribution in [3.05, 3.63) is 48.2 Å². The summed E-state index contributed by atoms with van der Waals surface area (Å²) in [5.41, 5.74) is 1.67. The number of aliphatic hydroxyl groups excluding tert-OH is 1. The molecule has 1 aromatic carbocycles. The van der Waals surface area contributed by atoms with E-state index in [1.807, 2.05) is 19.1 Å². The summed E-state index contributed by atoms with van der Waals surface area (Å²) >= 11 is 0. The van der Waals surface area contributed by atoms with Gasteiger partial charge in [0.05, 0.1) is 0 Å². The normalized spacial score (nSPS) is 11.7. The standard InChI is InChI=1S/C19H25N3O4/c1-14-4-3-9-21-19(14)26-13-17(24)12-20-10-11-25-18-7-5-16(6-8-18)22-15(2)23/h3-9,17,20,24H,10-13H2,1-2H3,(H,22,23). The average Bonchev–Trinajstić information content (AvgIpc) is 2.61. The second kappa shape index (κ2) is 10.4. The number of rotatable bonds is 10. The zero-order valence-electron chi connectivity index (χ0n) is 15.1. The summed E-state index contributed by atoms with van der Waals surface area (Å²) in [6.07, 6.45) is 1.03. The van der Waals surface area contributed by atoms with Gasteiger partial charge in [-0.1, -0.05) is 6.07 Å². The number of carbonyl (C=O) groups is 1. The van der Waals surface area contributed by atoms with E-state index in [0.717, 1.165) is 17.0 Å². The Morgan fingerprint density at radius 1 is 1.23 bits per heavy atom. The molecule has 1 unspecified atom stereocenters. The molecular formula is C19H25N3O4. The second-order valence-electron chi connectivity index (χ2n) is 5.85. The molecule has 0 aliphatic rings. The number of carbonyl (C=O) groups excluding carboxylic acids is 1. The lowest BCUT2D eigenvalue weighted by Gasteiger charge is -2.14. The molecule has 0 spiro atoms. The molecule has 2 rings (SSSR count). The Kier molecular flexibility index (Phi) is 7.85. The maximum absolute atomic E-state index is 11.0. The number of hydrogen-bond acceptors (Lipinski definition) is 6. The number of anilines is 1. The van der Waals surface area contributed by atoms with Crippen LogP contribution in [0.15, 0.2) is 42.6 Å². The summed E-state index contributed by atoms with van der Waals surface area (Å²) in [6, 6.07) is 10.9. The van der Waals surface area contributed by atoms with Gasteiger partial charge >= 0.3 is 0 Å². The highest BCUT2D eigenvalue weighted by Gasteiger charge is 2.07. The van der Waals surface area contributed by atoms with E-state index in [1.54, 1.807) is 30.5 Å². The first-order valence-corrected chi connectivity index (χ1v) is 8.48. The SMILES string of the molecule is CC(=O)Nc1ccc(OCCNCC(O)COc2ncccc2C)cc1. The molecule has 0 fully saturated rings. The number of pyridine rings is 1. The molecule has 1 aromatic heterocycles. The molecule has 7 heteroatoms. The van der Waals surface area contributed by atoms with Gasteiger partial charge in [-0.15, -0.1) is 0 Å². The minimum atomic E-state index is -0.631. The van der Waals surface area contributed by atoms with E-state index in [0.29, 0.717) is 25.6 Å². The molecule has 7 nitrogen and oxygen atoms in total. The summed E-state index contributed by atoms with van der Waals surface area (Å²) in [6.45, 7) is 5.01. The van der Waals surface area contributed by atoms with Crippen molar-refractivity contribution in [1.82, 2.24) is 10.3 Å². The Balaban J connectivity index is 1.58. The summed E-state index contributed by atoms with van der Waals surface area (Å²) in [5.74, 6) is 1.15. The van der Waals surface area contributed by atoms with E-state index in [2.05, 4.69) is 15.6 Å². The Bertz CT molecular complexity index is 691. The first-order chi connectivity index (χ1) is 12.5. The van der Waals surface area contributed by atoms with Crippen molar-refractivity contribution >= 4 is 11.6 Å². The van der Waals surface area contributed by atoms with E-state index in [-0.39, 0.29) is 12.5 Å². The van der Waals surface area contributed by atoms with Gasteiger partial charge in [0.1, 0.15) is 25.1 Å². The van der Waals surface area contributed by atoms with Gasteiger partial charge in [0.2, 0.25) is 11.8 Å². The number of benzene rings is 1. The molecule has 0 bridgehead atoms. The van der Waals surface area contributed by atoms with Crippen LogP contribution >= 0.6 is 0 Å². The van der Waals surface area contributed by atoms with Crippen LogP contribution in [0.4, 0.5) is 5.69 Å². The molecule has 0 saturated carbocycles. The monoisotopic (exact) mass is 359 g/mol. The highest BCUT2D eigenvalue weighted by Crippen LogP contribution is 2.15. The number of aromatic nitrogens is 1. The molecule has 1 heterocycles. The molecule has 0 aliphatic carbocycles. The Morgan fingerprint density at radius 2 is 2.00 bits per heavy atom. The molecule has 1 amide bonds. The molecule has 0 radical (unpaired) electrons. The van der Waals surface area contributed by atoms with Crippen molar-refractivity contribution in [3.63, 3.8) is 0 Å². The first-order valence-electron chi connectivity index (χ1n) is 8.48. The van der Waals surface area contributed by atoms with Crippen molar-refractivity contribution < 1.29 is 19.4 Å². The van der Waals surface area contributed by atoms with Gasteiger partial charge in [0, 0.05) is 37.5 Å². The maximum atomic E-state index is 11.0. The van der Waals surface area contributed by atoms with Gasteiger partial charge in [-0.3, -0.25) is 4.79 Å². The third kappa shape index (κ3) is 7.08. The summed E-state index contributed by atoms with van der Waals surface area (Å²) in [5, 5.41) is 15.7. The van der Waals surface area contributed by atoms with Crippen LogP contribution in [0.3, 0.4) is 0 Å². The summed E-state index contributed by atoms with van der Waals surface area (Å²) < 4.78 is 11.1. The van der Waals surface area contributed by atoms with Crippen molar-refractivity contribution in [1.29, 1.82) is 0 Å². The second-order valence-corrected chi connectivity index (χ2v) is 5.85. The maximum Gasteiger partial charge on any atom is 0.221 e.